The minimum absolute atomic E-state index is 0.219. The van der Waals surface area contributed by atoms with Crippen LogP contribution >= 0.6 is 0 Å². The van der Waals surface area contributed by atoms with Crippen LogP contribution in [0.4, 0.5) is 0 Å². The van der Waals surface area contributed by atoms with E-state index in [0.29, 0.717) is 12.1 Å². The van der Waals surface area contributed by atoms with E-state index >= 15 is 0 Å². The van der Waals surface area contributed by atoms with Crippen LogP contribution in [-0.4, -0.2) is 20.7 Å². The van der Waals surface area contributed by atoms with E-state index in [-0.39, 0.29) is 11.5 Å². The average molecular weight is 412 g/mol. The summed E-state index contributed by atoms with van der Waals surface area (Å²) in [6, 6.07) is 20.5. The first kappa shape index (κ1) is 20.3. The Bertz CT molecular complexity index is 1300. The molecular weight excluding hydrogens is 388 g/mol. The van der Waals surface area contributed by atoms with Crippen molar-refractivity contribution in [3.05, 3.63) is 89.0 Å². The summed E-state index contributed by atoms with van der Waals surface area (Å²) in [4.78, 5) is 11.3. The molecule has 156 valence electrons. The van der Waals surface area contributed by atoms with Crippen LogP contribution in [0, 0.1) is 6.92 Å². The van der Waals surface area contributed by atoms with Gasteiger partial charge in [-0.2, -0.15) is 0 Å². The van der Waals surface area contributed by atoms with Gasteiger partial charge in [0.25, 0.3) is 0 Å². The van der Waals surface area contributed by atoms with Crippen LogP contribution < -0.4 is 5.73 Å². The molecule has 5 nitrogen and oxygen atoms in total. The third-order valence-electron chi connectivity index (χ3n) is 5.53. The standard InChI is InChI=1S/C26H24N2O3/c1-16(26(27)31)13-18-3-5-19(6-4-18)15-28-24-12-11-22(30)14-23(24)17(2)25(28)20-7-9-21(29)10-8-20/h3-14,29-30H,15H2,1-2H3,(H2,27,31)/b16-13+. The first-order valence-corrected chi connectivity index (χ1v) is 10.0. The van der Waals surface area contributed by atoms with Gasteiger partial charge < -0.3 is 20.5 Å². The van der Waals surface area contributed by atoms with E-state index in [1.165, 1.54) is 0 Å². The number of rotatable bonds is 5. The average Bonchev–Trinajstić information content (AvgIpc) is 3.01. The Morgan fingerprint density at radius 3 is 2.26 bits per heavy atom. The van der Waals surface area contributed by atoms with Crippen molar-refractivity contribution < 1.29 is 15.0 Å². The molecule has 0 bridgehead atoms. The molecule has 5 heteroatoms. The Morgan fingerprint density at radius 1 is 0.968 bits per heavy atom. The van der Waals surface area contributed by atoms with Crippen LogP contribution in [0.15, 0.2) is 72.3 Å². The zero-order chi connectivity index (χ0) is 22.1. The Hall–Kier alpha value is -3.99. The molecule has 31 heavy (non-hydrogen) atoms. The highest BCUT2D eigenvalue weighted by molar-refractivity contribution is 5.96. The zero-order valence-electron chi connectivity index (χ0n) is 17.5. The smallest absolute Gasteiger partial charge is 0.244 e. The van der Waals surface area contributed by atoms with Crippen LogP contribution in [0.1, 0.15) is 23.6 Å². The maximum atomic E-state index is 11.3. The molecule has 4 aromatic rings. The molecule has 1 amide bonds. The molecule has 1 aromatic heterocycles. The number of phenols is 2. The SMILES string of the molecule is C/C(=C\c1ccc(Cn2c(-c3ccc(O)cc3)c(C)c3cc(O)ccc32)cc1)C(N)=O. The van der Waals surface area contributed by atoms with Crippen molar-refractivity contribution in [3.63, 3.8) is 0 Å². The topological polar surface area (TPSA) is 88.5 Å². The number of nitrogens with zero attached hydrogens (tertiary/aromatic N) is 1. The van der Waals surface area contributed by atoms with Gasteiger partial charge in [-0.15, -0.1) is 0 Å². The van der Waals surface area contributed by atoms with Crippen molar-refractivity contribution in [2.45, 2.75) is 20.4 Å². The maximum absolute atomic E-state index is 11.3. The Balaban J connectivity index is 1.80. The second-order valence-corrected chi connectivity index (χ2v) is 7.74. The number of phenolic OH excluding ortho intramolecular Hbond substituents is 2. The molecule has 0 aliphatic heterocycles. The molecule has 0 radical (unpaired) electrons. The highest BCUT2D eigenvalue weighted by Crippen LogP contribution is 2.36. The summed E-state index contributed by atoms with van der Waals surface area (Å²) in [7, 11) is 0. The van der Waals surface area contributed by atoms with E-state index in [0.717, 1.165) is 38.9 Å². The van der Waals surface area contributed by atoms with Crippen molar-refractivity contribution in [2.24, 2.45) is 5.73 Å². The molecule has 0 spiro atoms. The lowest BCUT2D eigenvalue weighted by Gasteiger charge is -2.13. The molecule has 4 rings (SSSR count). The van der Waals surface area contributed by atoms with Crippen LogP contribution in [0.2, 0.25) is 0 Å². The number of carbonyl (C=O) groups excluding carboxylic acids is 1. The summed E-state index contributed by atoms with van der Waals surface area (Å²) in [6.45, 7) is 4.37. The third-order valence-corrected chi connectivity index (χ3v) is 5.53. The molecular formula is C26H24N2O3. The van der Waals surface area contributed by atoms with Gasteiger partial charge in [0.2, 0.25) is 5.91 Å². The Labute approximate surface area is 180 Å². The zero-order valence-corrected chi connectivity index (χ0v) is 17.5. The predicted molar refractivity (Wildman–Crippen MR) is 124 cm³/mol. The largest absolute Gasteiger partial charge is 0.508 e. The van der Waals surface area contributed by atoms with Gasteiger partial charge in [-0.25, -0.2) is 0 Å². The minimum atomic E-state index is -0.430. The van der Waals surface area contributed by atoms with Crippen LogP contribution in [0.5, 0.6) is 11.5 Å². The molecule has 0 saturated heterocycles. The van der Waals surface area contributed by atoms with Crippen molar-refractivity contribution in [1.29, 1.82) is 0 Å². The summed E-state index contributed by atoms with van der Waals surface area (Å²) in [5.41, 5.74) is 11.9. The van der Waals surface area contributed by atoms with E-state index in [1.807, 2.05) is 49.4 Å². The Morgan fingerprint density at radius 2 is 1.61 bits per heavy atom. The number of primary amides is 1. The molecule has 4 N–H and O–H groups in total. The molecule has 1 heterocycles. The van der Waals surface area contributed by atoms with Gasteiger partial charge in [0.05, 0.1) is 5.69 Å². The van der Waals surface area contributed by atoms with E-state index in [1.54, 1.807) is 37.3 Å². The fourth-order valence-electron chi connectivity index (χ4n) is 3.89. The van der Waals surface area contributed by atoms with Gasteiger partial charge in [-0.3, -0.25) is 4.79 Å². The summed E-state index contributed by atoms with van der Waals surface area (Å²) in [5.74, 6) is 0.0164. The lowest BCUT2D eigenvalue weighted by atomic mass is 10.1. The minimum Gasteiger partial charge on any atom is -0.508 e. The molecule has 0 atom stereocenters. The summed E-state index contributed by atoms with van der Waals surface area (Å²) < 4.78 is 2.22. The van der Waals surface area contributed by atoms with Crippen molar-refractivity contribution in [1.82, 2.24) is 4.57 Å². The van der Waals surface area contributed by atoms with Gasteiger partial charge in [-0.05, 0) is 84.6 Å². The maximum Gasteiger partial charge on any atom is 0.244 e. The Kier molecular flexibility index (Phi) is 5.26. The molecule has 0 saturated carbocycles. The number of amides is 1. The first-order valence-electron chi connectivity index (χ1n) is 10.0. The summed E-state index contributed by atoms with van der Waals surface area (Å²) in [5, 5.41) is 20.7. The molecule has 0 aliphatic carbocycles. The van der Waals surface area contributed by atoms with E-state index < -0.39 is 5.91 Å². The highest BCUT2D eigenvalue weighted by Gasteiger charge is 2.17. The van der Waals surface area contributed by atoms with Crippen molar-refractivity contribution in [3.8, 4) is 22.8 Å². The number of hydrogen-bond donors (Lipinski definition) is 3. The van der Waals surface area contributed by atoms with Crippen LogP contribution in [-0.2, 0) is 11.3 Å². The molecule has 0 aliphatic rings. The van der Waals surface area contributed by atoms with Gasteiger partial charge in [-0.1, -0.05) is 24.3 Å². The monoisotopic (exact) mass is 412 g/mol. The predicted octanol–water partition coefficient (Wildman–Crippen LogP) is 4.96. The second-order valence-electron chi connectivity index (χ2n) is 7.74. The summed E-state index contributed by atoms with van der Waals surface area (Å²) >= 11 is 0. The summed E-state index contributed by atoms with van der Waals surface area (Å²) in [6.07, 6.45) is 1.77. The number of hydrogen-bond acceptors (Lipinski definition) is 3. The van der Waals surface area contributed by atoms with Crippen LogP contribution in [0.3, 0.4) is 0 Å². The van der Waals surface area contributed by atoms with Gasteiger partial charge >= 0.3 is 0 Å². The lowest BCUT2D eigenvalue weighted by molar-refractivity contribution is -0.114. The number of carbonyl (C=O) groups is 1. The number of fused-ring (bicyclic) bond motifs is 1. The number of aromatic nitrogens is 1. The van der Waals surface area contributed by atoms with Gasteiger partial charge in [0.15, 0.2) is 0 Å². The molecule has 0 fully saturated rings. The van der Waals surface area contributed by atoms with Crippen molar-refractivity contribution >= 4 is 22.9 Å². The van der Waals surface area contributed by atoms with E-state index in [9.17, 15) is 15.0 Å². The third kappa shape index (κ3) is 4.03. The number of aryl methyl sites for hydroxylation is 1. The fourth-order valence-corrected chi connectivity index (χ4v) is 3.89. The van der Waals surface area contributed by atoms with Gasteiger partial charge in [0.1, 0.15) is 11.5 Å². The van der Waals surface area contributed by atoms with E-state index in [2.05, 4.69) is 4.57 Å². The molecule has 3 aromatic carbocycles. The normalized spacial score (nSPS) is 11.7. The van der Waals surface area contributed by atoms with E-state index in [4.69, 9.17) is 5.73 Å². The number of aromatic hydroxyl groups is 2. The quantitative estimate of drug-likeness (QED) is 0.405. The van der Waals surface area contributed by atoms with Crippen LogP contribution in [0.25, 0.3) is 28.2 Å². The first-order chi connectivity index (χ1) is 14.8. The van der Waals surface area contributed by atoms with Crippen molar-refractivity contribution in [2.75, 3.05) is 0 Å². The second kappa shape index (κ2) is 8.03. The fraction of sp³-hybridized carbons (Fsp3) is 0.115. The number of nitrogens with two attached hydrogens (primary N) is 1. The molecule has 0 unspecified atom stereocenters. The van der Waals surface area contributed by atoms with Gasteiger partial charge in [0, 0.05) is 23.0 Å². The lowest BCUT2D eigenvalue weighted by Crippen LogP contribution is -2.11. The number of benzene rings is 3. The highest BCUT2D eigenvalue weighted by atomic mass is 16.3.